The molecule has 4 aromatic heterocycles. The van der Waals surface area contributed by atoms with Gasteiger partial charge in [0.2, 0.25) is 0 Å². The van der Waals surface area contributed by atoms with Crippen LogP contribution in [0.2, 0.25) is 0 Å². The third-order valence-corrected chi connectivity index (χ3v) is 15.4. The zero-order valence-corrected chi connectivity index (χ0v) is 36.9. The van der Waals surface area contributed by atoms with Gasteiger partial charge in [0.1, 0.15) is 0 Å². The fourth-order valence-electron chi connectivity index (χ4n) is 11.6. The summed E-state index contributed by atoms with van der Waals surface area (Å²) in [5, 5.41) is 4.60. The van der Waals surface area contributed by atoms with Crippen LogP contribution in [0.4, 0.5) is 22.7 Å². The first-order valence-corrected chi connectivity index (χ1v) is 23.5. The number of nitrogens with zero attached hydrogens (tertiary/aromatic N) is 6. The van der Waals surface area contributed by atoms with E-state index in [1.165, 1.54) is 21.8 Å². The molecular formula is C60H34N6OS. The van der Waals surface area contributed by atoms with Gasteiger partial charge in [0.15, 0.2) is 17.2 Å². The summed E-state index contributed by atoms with van der Waals surface area (Å²) in [6.45, 7) is 7.94. The van der Waals surface area contributed by atoms with E-state index in [-0.39, 0.29) is 0 Å². The van der Waals surface area contributed by atoms with Gasteiger partial charge in [-0.05, 0) is 108 Å². The topological polar surface area (TPSA) is 52.5 Å². The lowest BCUT2D eigenvalue weighted by molar-refractivity contribution is 0.477. The number of fused-ring (bicyclic) bond motifs is 17. The van der Waals surface area contributed by atoms with Crippen molar-refractivity contribution >= 4 is 78.1 Å². The predicted molar refractivity (Wildman–Crippen MR) is 273 cm³/mol. The van der Waals surface area contributed by atoms with E-state index >= 15 is 0 Å². The zero-order valence-electron chi connectivity index (χ0n) is 36.1. The van der Waals surface area contributed by atoms with Crippen LogP contribution >= 0.6 is 11.8 Å². The summed E-state index contributed by atoms with van der Waals surface area (Å²) in [6, 6.07) is 69.0. The summed E-state index contributed by atoms with van der Waals surface area (Å²) in [5.41, 5.74) is 15.3. The van der Waals surface area contributed by atoms with E-state index < -0.39 is 5.41 Å². The molecule has 1 aliphatic carbocycles. The highest BCUT2D eigenvalue weighted by Crippen LogP contribution is 2.64. The summed E-state index contributed by atoms with van der Waals surface area (Å²) in [5.74, 6) is 1.56. The molecule has 0 bridgehead atoms. The van der Waals surface area contributed by atoms with Crippen LogP contribution in [0, 0.1) is 6.57 Å². The fourth-order valence-corrected chi connectivity index (χ4v) is 12.8. The highest BCUT2D eigenvalue weighted by Gasteiger charge is 2.53. The molecule has 7 nitrogen and oxygen atoms in total. The summed E-state index contributed by atoms with van der Waals surface area (Å²) in [4.78, 5) is 19.1. The summed E-state index contributed by atoms with van der Waals surface area (Å²) >= 11 is 1.82. The Morgan fingerprint density at radius 1 is 0.471 bits per heavy atom. The molecule has 1 atom stereocenters. The van der Waals surface area contributed by atoms with Gasteiger partial charge in [-0.3, -0.25) is 9.97 Å². The van der Waals surface area contributed by atoms with Gasteiger partial charge >= 0.3 is 0 Å². The Morgan fingerprint density at radius 3 is 1.84 bits per heavy atom. The summed E-state index contributed by atoms with van der Waals surface area (Å²) < 4.78 is 11.3. The van der Waals surface area contributed by atoms with Gasteiger partial charge in [0, 0.05) is 49.0 Å². The maximum Gasteiger partial charge on any atom is 0.188 e. The van der Waals surface area contributed by atoms with E-state index in [1.807, 2.05) is 60.6 Å². The van der Waals surface area contributed by atoms with Crippen molar-refractivity contribution in [3.8, 4) is 34.3 Å². The molecule has 15 rings (SSSR count). The van der Waals surface area contributed by atoms with E-state index in [0.29, 0.717) is 5.69 Å². The van der Waals surface area contributed by atoms with Crippen molar-refractivity contribution in [2.24, 2.45) is 0 Å². The SMILES string of the molecule is [C-]#[N+]c1ccc2c(c1)c1ccccc1n2-c1cccc2c1C1(c3ccc(-n4c5ccccc5c5ccccc54)cc3S2)c2cccnc2-c2ncc(N3c4ccccc4Oc4ccccc43)cc21. The molecule has 0 radical (unpaired) electrons. The van der Waals surface area contributed by atoms with Crippen LogP contribution in [0.15, 0.2) is 216 Å². The minimum atomic E-state index is -0.882. The van der Waals surface area contributed by atoms with Gasteiger partial charge in [0.05, 0.1) is 74.4 Å². The number of rotatable bonds is 3. The monoisotopic (exact) mass is 886 g/mol. The minimum absolute atomic E-state index is 0.616. The van der Waals surface area contributed by atoms with Crippen molar-refractivity contribution in [2.75, 3.05) is 4.90 Å². The van der Waals surface area contributed by atoms with Gasteiger partial charge in [-0.15, -0.1) is 0 Å². The van der Waals surface area contributed by atoms with Crippen LogP contribution in [0.25, 0.3) is 71.2 Å². The lowest BCUT2D eigenvalue weighted by atomic mass is 9.67. The third kappa shape index (κ3) is 4.87. The largest absolute Gasteiger partial charge is 0.453 e. The van der Waals surface area contributed by atoms with E-state index in [4.69, 9.17) is 21.3 Å². The zero-order chi connectivity index (χ0) is 44.7. The van der Waals surface area contributed by atoms with Crippen LogP contribution in [0.1, 0.15) is 22.3 Å². The molecule has 6 heterocycles. The van der Waals surface area contributed by atoms with Gasteiger partial charge in [-0.25, -0.2) is 4.85 Å². The Hall–Kier alpha value is -8.90. The normalized spacial score (nSPS) is 15.1. The van der Waals surface area contributed by atoms with Crippen molar-refractivity contribution < 1.29 is 4.74 Å². The molecule has 0 saturated carbocycles. The first-order valence-electron chi connectivity index (χ1n) is 22.7. The van der Waals surface area contributed by atoms with E-state index in [2.05, 4.69) is 177 Å². The first-order chi connectivity index (χ1) is 33.7. The standard InChI is InChI=1S/C60H34N6OS/c1-61-36-27-30-49-42(32-36)41-16-4-7-20-48(41)66(49)52-23-12-26-55-57(52)60(43-29-28-37(34-56(43)68-55)64-46-18-5-2-14-39(46)40-15-3-6-19-47(40)64)44-17-13-31-62-58(44)59-45(60)33-38(35-63-59)65-50-21-8-10-24-53(50)67-54-25-11-9-22-51(54)65/h2-35H. The van der Waals surface area contributed by atoms with Gasteiger partial charge in [-0.1, -0.05) is 115 Å². The molecule has 2 aliphatic heterocycles. The maximum absolute atomic E-state index is 7.94. The lowest BCUT2D eigenvalue weighted by Crippen LogP contribution is -2.34. The van der Waals surface area contributed by atoms with Crippen molar-refractivity contribution in [3.63, 3.8) is 0 Å². The van der Waals surface area contributed by atoms with Gasteiger partial charge in [-0.2, -0.15) is 0 Å². The number of aromatic nitrogens is 4. The van der Waals surface area contributed by atoms with Gasteiger partial charge < -0.3 is 18.8 Å². The van der Waals surface area contributed by atoms with Crippen LogP contribution < -0.4 is 9.64 Å². The molecule has 8 heteroatoms. The van der Waals surface area contributed by atoms with E-state index in [9.17, 15) is 0 Å². The molecule has 0 amide bonds. The number of benzene rings is 8. The summed E-state index contributed by atoms with van der Waals surface area (Å²) in [6.07, 6.45) is 3.89. The number of hydrogen-bond donors (Lipinski definition) is 0. The minimum Gasteiger partial charge on any atom is -0.453 e. The Bertz CT molecular complexity index is 4120. The molecule has 0 N–H and O–H groups in total. The van der Waals surface area contributed by atoms with Crippen LogP contribution in [0.3, 0.4) is 0 Å². The molecule has 1 spiro atoms. The average molecular weight is 887 g/mol. The van der Waals surface area contributed by atoms with Crippen molar-refractivity contribution in [1.82, 2.24) is 19.1 Å². The quantitative estimate of drug-likeness (QED) is 0.165. The Morgan fingerprint density at radius 2 is 1.10 bits per heavy atom. The molecule has 12 aromatic rings. The second-order valence-electron chi connectivity index (χ2n) is 17.6. The fraction of sp³-hybridized carbons (Fsp3) is 0.0167. The second kappa shape index (κ2) is 13.8. The first kappa shape index (κ1) is 37.3. The summed E-state index contributed by atoms with van der Waals surface area (Å²) in [7, 11) is 0. The average Bonchev–Trinajstić information content (AvgIpc) is 4.01. The highest BCUT2D eigenvalue weighted by molar-refractivity contribution is 7.99. The second-order valence-corrected chi connectivity index (χ2v) is 18.7. The van der Waals surface area contributed by atoms with Crippen LogP contribution in [-0.4, -0.2) is 19.1 Å². The molecule has 3 aliphatic rings. The highest BCUT2D eigenvalue weighted by atomic mass is 32.2. The molecule has 68 heavy (non-hydrogen) atoms. The number of pyridine rings is 2. The lowest BCUT2D eigenvalue weighted by Gasteiger charge is -2.41. The number of ether oxygens (including phenoxy) is 1. The Labute approximate surface area is 394 Å². The molecule has 316 valence electrons. The Balaban J connectivity index is 1.07. The number of para-hydroxylation sites is 7. The van der Waals surface area contributed by atoms with Crippen LogP contribution in [0.5, 0.6) is 11.5 Å². The molecule has 0 fully saturated rings. The van der Waals surface area contributed by atoms with Crippen molar-refractivity contribution in [2.45, 2.75) is 15.2 Å². The maximum atomic E-state index is 7.94. The van der Waals surface area contributed by atoms with Crippen molar-refractivity contribution in [3.05, 3.63) is 240 Å². The van der Waals surface area contributed by atoms with Crippen LogP contribution in [-0.2, 0) is 5.41 Å². The van der Waals surface area contributed by atoms with Crippen molar-refractivity contribution in [1.29, 1.82) is 0 Å². The van der Waals surface area contributed by atoms with E-state index in [0.717, 1.165) is 105 Å². The molecule has 8 aromatic carbocycles. The molecular weight excluding hydrogens is 853 g/mol. The molecule has 0 saturated heterocycles. The number of hydrogen-bond acceptors (Lipinski definition) is 5. The smallest absolute Gasteiger partial charge is 0.188 e. The molecule has 1 unspecified atom stereocenters. The third-order valence-electron chi connectivity index (χ3n) is 14.2. The Kier molecular flexibility index (Phi) is 7.58. The van der Waals surface area contributed by atoms with Gasteiger partial charge in [0.25, 0.3) is 0 Å². The number of anilines is 3. The van der Waals surface area contributed by atoms with E-state index in [1.54, 1.807) is 0 Å². The predicted octanol–water partition coefficient (Wildman–Crippen LogP) is 15.6.